The van der Waals surface area contributed by atoms with Gasteiger partial charge in [-0.15, -0.1) is 0 Å². The molecule has 0 aliphatic heterocycles. The van der Waals surface area contributed by atoms with Crippen LogP contribution in [0.4, 0.5) is 30.7 Å². The first-order chi connectivity index (χ1) is 9.93. The van der Waals surface area contributed by atoms with E-state index in [0.717, 1.165) is 0 Å². The Balaban J connectivity index is 3.76. The topological polar surface area (TPSA) is 17.1 Å². The molecule has 8 heteroatoms. The van der Waals surface area contributed by atoms with E-state index in [9.17, 15) is 35.5 Å². The highest BCUT2D eigenvalue weighted by molar-refractivity contribution is 5.80. The van der Waals surface area contributed by atoms with Gasteiger partial charge in [0.05, 0.1) is 0 Å². The monoisotopic (exact) mass is 330 g/mol. The van der Waals surface area contributed by atoms with Crippen molar-refractivity contribution in [1.82, 2.24) is 0 Å². The molecule has 1 rings (SSSR count). The summed E-state index contributed by atoms with van der Waals surface area (Å²) in [5, 5.41) is 0. The van der Waals surface area contributed by atoms with Crippen LogP contribution < -0.4 is 0 Å². The lowest BCUT2D eigenvalue weighted by Crippen LogP contribution is -2.50. The van der Waals surface area contributed by atoms with Gasteiger partial charge in [-0.05, 0) is 24.0 Å². The third-order valence-electron chi connectivity index (χ3n) is 3.41. The molecule has 0 aromatic heterocycles. The molecule has 0 aliphatic carbocycles. The largest absolute Gasteiger partial charge is 0.435 e. The Kier molecular flexibility index (Phi) is 4.94. The summed E-state index contributed by atoms with van der Waals surface area (Å²) in [7, 11) is 0. The number of halogens is 7. The molecule has 0 radical (unpaired) electrons. The van der Waals surface area contributed by atoms with Crippen LogP contribution >= 0.6 is 0 Å². The van der Waals surface area contributed by atoms with Crippen LogP contribution in [0.25, 0.3) is 0 Å². The van der Waals surface area contributed by atoms with E-state index in [-0.39, 0.29) is 29.5 Å². The van der Waals surface area contributed by atoms with Crippen molar-refractivity contribution >= 4 is 6.29 Å². The predicted molar refractivity (Wildman–Crippen MR) is 65.5 cm³/mol. The van der Waals surface area contributed by atoms with E-state index in [4.69, 9.17) is 0 Å². The van der Waals surface area contributed by atoms with E-state index in [2.05, 4.69) is 0 Å². The molecule has 124 valence electrons. The van der Waals surface area contributed by atoms with Gasteiger partial charge in [-0.25, -0.2) is 4.39 Å². The second kappa shape index (κ2) is 5.89. The minimum absolute atomic E-state index is 0.000416. The third kappa shape index (κ3) is 2.83. The minimum Gasteiger partial charge on any atom is -0.298 e. The summed E-state index contributed by atoms with van der Waals surface area (Å²) in [4.78, 5) is 11.0. The van der Waals surface area contributed by atoms with Crippen molar-refractivity contribution in [2.45, 2.75) is 44.7 Å². The zero-order chi connectivity index (χ0) is 17.3. The molecule has 22 heavy (non-hydrogen) atoms. The van der Waals surface area contributed by atoms with Crippen LogP contribution in [-0.4, -0.2) is 18.6 Å². The van der Waals surface area contributed by atoms with Gasteiger partial charge in [0.25, 0.3) is 0 Å². The lowest BCUT2D eigenvalue weighted by Gasteiger charge is -2.31. The molecule has 0 fully saturated rings. The third-order valence-corrected chi connectivity index (χ3v) is 3.41. The maximum absolute atomic E-state index is 14.1. The molecule has 0 saturated heterocycles. The van der Waals surface area contributed by atoms with Gasteiger partial charge in [0.1, 0.15) is 0 Å². The quantitative estimate of drug-likeness (QED) is 0.566. The van der Waals surface area contributed by atoms with Gasteiger partial charge in [-0.2, -0.15) is 26.3 Å². The van der Waals surface area contributed by atoms with Crippen molar-refractivity contribution in [2.75, 3.05) is 0 Å². The van der Waals surface area contributed by atoms with E-state index in [1.807, 2.05) is 0 Å². The fourth-order valence-corrected chi connectivity index (χ4v) is 2.20. The van der Waals surface area contributed by atoms with Crippen molar-refractivity contribution in [3.63, 3.8) is 0 Å². The molecule has 0 amide bonds. The first-order valence-electron chi connectivity index (χ1n) is 6.37. The number of hydrogen-bond acceptors (Lipinski definition) is 1. The average Bonchev–Trinajstić information content (AvgIpc) is 2.42. The number of carbonyl (C=O) groups excluding carboxylic acids is 1. The Morgan fingerprint density at radius 1 is 0.864 bits per heavy atom. The van der Waals surface area contributed by atoms with Gasteiger partial charge >= 0.3 is 18.0 Å². The molecule has 0 bridgehead atoms. The highest BCUT2D eigenvalue weighted by atomic mass is 19.4. The standard InChI is InChI=1S/C14H13F7O/c1-3-8-5-10(6-9(4-2)11(8)7-22)12(15,13(16,17)18)14(19,20)21/h5-7H,3-4H2,1-2H3. The molecule has 1 nitrogen and oxygen atoms in total. The second-order valence-corrected chi connectivity index (χ2v) is 4.69. The zero-order valence-corrected chi connectivity index (χ0v) is 11.7. The van der Waals surface area contributed by atoms with Gasteiger partial charge in [-0.3, -0.25) is 4.79 Å². The molecule has 1 aromatic rings. The fourth-order valence-electron chi connectivity index (χ4n) is 2.20. The van der Waals surface area contributed by atoms with Gasteiger partial charge in [-0.1, -0.05) is 26.0 Å². The Hall–Kier alpha value is -1.60. The number of alkyl halides is 7. The highest BCUT2D eigenvalue weighted by Gasteiger charge is 2.73. The lowest BCUT2D eigenvalue weighted by atomic mass is 9.87. The molecule has 0 heterocycles. The SMILES string of the molecule is CCc1cc(C(F)(C(F)(F)F)C(F)(F)F)cc(CC)c1C=O. The van der Waals surface area contributed by atoms with Gasteiger partial charge in [0.2, 0.25) is 0 Å². The van der Waals surface area contributed by atoms with Crippen LogP contribution in [0.1, 0.15) is 40.9 Å². The molecular formula is C14H13F7O. The van der Waals surface area contributed by atoms with Crippen LogP contribution in [0.15, 0.2) is 12.1 Å². The number of carbonyl (C=O) groups is 1. The molecule has 0 saturated carbocycles. The van der Waals surface area contributed by atoms with Crippen molar-refractivity contribution in [1.29, 1.82) is 0 Å². The highest BCUT2D eigenvalue weighted by Crippen LogP contribution is 2.53. The molecule has 1 aromatic carbocycles. The smallest absolute Gasteiger partial charge is 0.298 e. The zero-order valence-electron chi connectivity index (χ0n) is 11.7. The second-order valence-electron chi connectivity index (χ2n) is 4.69. The first kappa shape index (κ1) is 18.4. The van der Waals surface area contributed by atoms with E-state index >= 15 is 0 Å². The predicted octanol–water partition coefficient (Wildman–Crippen LogP) is 4.91. The van der Waals surface area contributed by atoms with E-state index in [1.54, 1.807) is 0 Å². The van der Waals surface area contributed by atoms with Gasteiger partial charge in [0, 0.05) is 11.1 Å². The molecule has 0 atom stereocenters. The van der Waals surface area contributed by atoms with Crippen molar-refractivity contribution < 1.29 is 35.5 Å². The summed E-state index contributed by atoms with van der Waals surface area (Å²) in [6, 6.07) is 0.924. The Labute approximate surface area is 122 Å². The number of aryl methyl sites for hydroxylation is 2. The van der Waals surface area contributed by atoms with E-state index in [1.165, 1.54) is 13.8 Å². The maximum atomic E-state index is 14.1. The van der Waals surface area contributed by atoms with Crippen LogP contribution in [-0.2, 0) is 18.5 Å². The normalized spacial score (nSPS) is 13.3. The van der Waals surface area contributed by atoms with Crippen molar-refractivity contribution in [3.05, 3.63) is 34.4 Å². The van der Waals surface area contributed by atoms with Crippen LogP contribution in [0, 0.1) is 0 Å². The van der Waals surface area contributed by atoms with Crippen LogP contribution in [0.3, 0.4) is 0 Å². The van der Waals surface area contributed by atoms with Crippen LogP contribution in [0.2, 0.25) is 0 Å². The van der Waals surface area contributed by atoms with E-state index < -0.39 is 23.6 Å². The minimum atomic E-state index is -6.16. The van der Waals surface area contributed by atoms with Crippen LogP contribution in [0.5, 0.6) is 0 Å². The Morgan fingerprint density at radius 3 is 1.45 bits per heavy atom. The Morgan fingerprint density at radius 2 is 1.23 bits per heavy atom. The van der Waals surface area contributed by atoms with Gasteiger partial charge in [0.15, 0.2) is 6.29 Å². The maximum Gasteiger partial charge on any atom is 0.435 e. The molecule has 0 unspecified atom stereocenters. The number of aldehydes is 1. The average molecular weight is 330 g/mol. The number of hydrogen-bond donors (Lipinski definition) is 0. The van der Waals surface area contributed by atoms with Crippen molar-refractivity contribution in [3.8, 4) is 0 Å². The molecule has 0 spiro atoms. The first-order valence-corrected chi connectivity index (χ1v) is 6.37. The summed E-state index contributed by atoms with van der Waals surface area (Å²) >= 11 is 0. The van der Waals surface area contributed by atoms with Crippen molar-refractivity contribution in [2.24, 2.45) is 0 Å². The summed E-state index contributed by atoms with van der Waals surface area (Å²) in [5.74, 6) is 0. The summed E-state index contributed by atoms with van der Waals surface area (Å²) in [6.07, 6.45) is -12.0. The summed E-state index contributed by atoms with van der Waals surface area (Å²) in [6.45, 7) is 2.90. The molecular weight excluding hydrogens is 317 g/mol. The van der Waals surface area contributed by atoms with E-state index in [0.29, 0.717) is 18.4 Å². The Bertz CT molecular complexity index is 518. The molecule has 0 N–H and O–H groups in total. The summed E-state index contributed by atoms with van der Waals surface area (Å²) < 4.78 is 90.7. The molecule has 0 aliphatic rings. The lowest BCUT2D eigenvalue weighted by molar-refractivity contribution is -0.348. The fraction of sp³-hybridized carbons (Fsp3) is 0.500. The van der Waals surface area contributed by atoms with Gasteiger partial charge < -0.3 is 0 Å². The summed E-state index contributed by atoms with van der Waals surface area (Å²) in [5.41, 5.74) is -7.14. The number of benzene rings is 1. The number of rotatable bonds is 4.